The molecule has 3 heteroatoms. The molecule has 0 bridgehead atoms. The summed E-state index contributed by atoms with van der Waals surface area (Å²) in [7, 11) is 1.62. The molecular formula is C11H14FNO. The second kappa shape index (κ2) is 3.86. The molecule has 0 unspecified atom stereocenters. The van der Waals surface area contributed by atoms with Crippen LogP contribution in [0, 0.1) is 5.82 Å². The molecule has 1 heterocycles. The highest BCUT2D eigenvalue weighted by Gasteiger charge is 2.15. The molecule has 2 rings (SSSR count). The number of halogens is 1. The molecule has 0 atom stereocenters. The van der Waals surface area contributed by atoms with Gasteiger partial charge < -0.3 is 10.1 Å². The lowest BCUT2D eigenvalue weighted by molar-refractivity contribution is 0.408. The number of benzene rings is 1. The minimum absolute atomic E-state index is 0.178. The van der Waals surface area contributed by atoms with E-state index in [1.165, 1.54) is 6.07 Å². The lowest BCUT2D eigenvalue weighted by Crippen LogP contribution is -2.03. The Balaban J connectivity index is 2.49. The van der Waals surface area contributed by atoms with E-state index in [4.69, 9.17) is 4.74 Å². The van der Waals surface area contributed by atoms with Crippen LogP contribution in [0.5, 0.6) is 5.75 Å². The fourth-order valence-corrected chi connectivity index (χ4v) is 1.87. The Bertz CT molecular complexity index is 338. The highest BCUT2D eigenvalue weighted by molar-refractivity contribution is 5.59. The predicted octanol–water partition coefficient (Wildman–Crippen LogP) is 2.58. The number of methoxy groups -OCH3 is 1. The van der Waals surface area contributed by atoms with E-state index in [-0.39, 0.29) is 5.82 Å². The van der Waals surface area contributed by atoms with E-state index >= 15 is 0 Å². The quantitative estimate of drug-likeness (QED) is 0.743. The van der Waals surface area contributed by atoms with Crippen molar-refractivity contribution in [1.29, 1.82) is 0 Å². The van der Waals surface area contributed by atoms with Crippen LogP contribution in [0.1, 0.15) is 18.4 Å². The molecule has 1 aliphatic heterocycles. The second-order valence-electron chi connectivity index (χ2n) is 3.49. The van der Waals surface area contributed by atoms with Gasteiger partial charge >= 0.3 is 0 Å². The summed E-state index contributed by atoms with van der Waals surface area (Å²) in [4.78, 5) is 0. The third-order valence-corrected chi connectivity index (χ3v) is 2.59. The van der Waals surface area contributed by atoms with Gasteiger partial charge in [0.25, 0.3) is 0 Å². The maximum absolute atomic E-state index is 13.5. The lowest BCUT2D eigenvalue weighted by Gasteiger charge is -2.12. The molecule has 0 amide bonds. The standard InChI is InChI=1S/C11H14FNO/c1-14-10-6-5-9(12)11-8(10)4-2-3-7-13-11/h5-6,13H,2-4,7H2,1H3. The first-order valence-corrected chi connectivity index (χ1v) is 4.92. The number of hydrogen-bond donors (Lipinski definition) is 1. The Morgan fingerprint density at radius 3 is 3.00 bits per heavy atom. The van der Waals surface area contributed by atoms with Crippen LogP contribution in [0.2, 0.25) is 0 Å². The lowest BCUT2D eigenvalue weighted by atomic mass is 10.1. The second-order valence-corrected chi connectivity index (χ2v) is 3.49. The Morgan fingerprint density at radius 2 is 2.21 bits per heavy atom. The molecule has 1 aliphatic rings. The number of ether oxygens (including phenoxy) is 1. The van der Waals surface area contributed by atoms with Gasteiger partial charge in [0, 0.05) is 12.1 Å². The number of rotatable bonds is 1. The monoisotopic (exact) mass is 195 g/mol. The van der Waals surface area contributed by atoms with Crippen LogP contribution in [-0.2, 0) is 6.42 Å². The molecule has 76 valence electrons. The minimum atomic E-state index is -0.178. The van der Waals surface area contributed by atoms with Crippen LogP contribution in [0.25, 0.3) is 0 Å². The average Bonchev–Trinajstić information content (AvgIpc) is 2.44. The molecule has 1 aromatic rings. The smallest absolute Gasteiger partial charge is 0.146 e. The summed E-state index contributed by atoms with van der Waals surface area (Å²) in [5.74, 6) is 0.610. The number of fused-ring (bicyclic) bond motifs is 1. The molecule has 0 spiro atoms. The van der Waals surface area contributed by atoms with Gasteiger partial charge in [0.1, 0.15) is 11.6 Å². The average molecular weight is 195 g/mol. The van der Waals surface area contributed by atoms with Gasteiger partial charge in [-0.15, -0.1) is 0 Å². The Hall–Kier alpha value is -1.25. The van der Waals surface area contributed by atoms with Crippen molar-refractivity contribution in [2.24, 2.45) is 0 Å². The van der Waals surface area contributed by atoms with Crippen molar-refractivity contribution in [2.45, 2.75) is 19.3 Å². The van der Waals surface area contributed by atoms with Crippen molar-refractivity contribution >= 4 is 5.69 Å². The largest absolute Gasteiger partial charge is 0.496 e. The van der Waals surface area contributed by atoms with Gasteiger partial charge in [0.15, 0.2) is 0 Å². The number of anilines is 1. The molecule has 2 nitrogen and oxygen atoms in total. The van der Waals surface area contributed by atoms with E-state index in [2.05, 4.69) is 5.32 Å². The molecule has 0 saturated carbocycles. The zero-order chi connectivity index (χ0) is 9.97. The molecule has 0 fully saturated rings. The Kier molecular flexibility index (Phi) is 2.57. The summed E-state index contributed by atoms with van der Waals surface area (Å²) in [6.07, 6.45) is 3.06. The summed E-state index contributed by atoms with van der Waals surface area (Å²) in [6.45, 7) is 0.844. The maximum atomic E-state index is 13.5. The Labute approximate surface area is 83.1 Å². The summed E-state index contributed by atoms with van der Waals surface area (Å²) < 4.78 is 18.7. The molecule has 0 aromatic heterocycles. The zero-order valence-electron chi connectivity index (χ0n) is 8.27. The van der Waals surface area contributed by atoms with E-state index in [0.29, 0.717) is 5.69 Å². The number of hydrogen-bond acceptors (Lipinski definition) is 2. The van der Waals surface area contributed by atoms with Gasteiger partial charge in [0.2, 0.25) is 0 Å². The van der Waals surface area contributed by atoms with Crippen molar-refractivity contribution in [1.82, 2.24) is 0 Å². The van der Waals surface area contributed by atoms with E-state index in [9.17, 15) is 4.39 Å². The van der Waals surface area contributed by atoms with Crippen molar-refractivity contribution in [2.75, 3.05) is 19.0 Å². The predicted molar refractivity (Wildman–Crippen MR) is 54.4 cm³/mol. The molecule has 0 radical (unpaired) electrons. The van der Waals surface area contributed by atoms with Gasteiger partial charge in [-0.3, -0.25) is 0 Å². The highest BCUT2D eigenvalue weighted by atomic mass is 19.1. The zero-order valence-corrected chi connectivity index (χ0v) is 8.27. The molecular weight excluding hydrogens is 181 g/mol. The van der Waals surface area contributed by atoms with E-state index in [1.54, 1.807) is 13.2 Å². The van der Waals surface area contributed by atoms with Crippen molar-refractivity contribution < 1.29 is 9.13 Å². The van der Waals surface area contributed by atoms with E-state index in [1.807, 2.05) is 0 Å². The van der Waals surface area contributed by atoms with Crippen molar-refractivity contribution in [3.63, 3.8) is 0 Å². The SMILES string of the molecule is COc1ccc(F)c2c1CCCCN2. The molecule has 1 N–H and O–H groups in total. The van der Waals surface area contributed by atoms with Gasteiger partial charge in [-0.05, 0) is 31.4 Å². The summed E-state index contributed by atoms with van der Waals surface area (Å²) in [5, 5.41) is 3.11. The first-order valence-electron chi connectivity index (χ1n) is 4.92. The maximum Gasteiger partial charge on any atom is 0.146 e. The van der Waals surface area contributed by atoms with Crippen LogP contribution < -0.4 is 10.1 Å². The van der Waals surface area contributed by atoms with Gasteiger partial charge in [-0.2, -0.15) is 0 Å². The van der Waals surface area contributed by atoms with Crippen molar-refractivity contribution in [3.05, 3.63) is 23.5 Å². The molecule has 0 saturated heterocycles. The van der Waals surface area contributed by atoms with Gasteiger partial charge in [-0.25, -0.2) is 4.39 Å². The van der Waals surface area contributed by atoms with Gasteiger partial charge in [0.05, 0.1) is 12.8 Å². The van der Waals surface area contributed by atoms with Crippen LogP contribution in [0.15, 0.2) is 12.1 Å². The van der Waals surface area contributed by atoms with Crippen LogP contribution in [-0.4, -0.2) is 13.7 Å². The fraction of sp³-hybridized carbons (Fsp3) is 0.455. The molecule has 14 heavy (non-hydrogen) atoms. The van der Waals surface area contributed by atoms with E-state index < -0.39 is 0 Å². The third-order valence-electron chi connectivity index (χ3n) is 2.59. The fourth-order valence-electron chi connectivity index (χ4n) is 1.87. The number of nitrogens with one attached hydrogen (secondary N) is 1. The van der Waals surface area contributed by atoms with Crippen LogP contribution in [0.3, 0.4) is 0 Å². The molecule has 0 aliphatic carbocycles. The first kappa shape index (κ1) is 9.31. The van der Waals surface area contributed by atoms with Crippen LogP contribution >= 0.6 is 0 Å². The van der Waals surface area contributed by atoms with E-state index in [0.717, 1.165) is 37.1 Å². The van der Waals surface area contributed by atoms with Crippen molar-refractivity contribution in [3.8, 4) is 5.75 Å². The summed E-state index contributed by atoms with van der Waals surface area (Å²) in [6, 6.07) is 3.15. The highest BCUT2D eigenvalue weighted by Crippen LogP contribution is 2.32. The third kappa shape index (κ3) is 1.54. The normalized spacial score (nSPS) is 15.3. The van der Waals surface area contributed by atoms with Gasteiger partial charge in [-0.1, -0.05) is 0 Å². The topological polar surface area (TPSA) is 21.3 Å². The van der Waals surface area contributed by atoms with Crippen LogP contribution in [0.4, 0.5) is 10.1 Å². The summed E-state index contributed by atoms with van der Waals surface area (Å²) >= 11 is 0. The Morgan fingerprint density at radius 1 is 1.36 bits per heavy atom. The summed E-state index contributed by atoms with van der Waals surface area (Å²) in [5.41, 5.74) is 1.60. The first-order chi connectivity index (χ1) is 6.83. The minimum Gasteiger partial charge on any atom is -0.496 e. The molecule has 1 aromatic carbocycles.